The lowest BCUT2D eigenvalue weighted by Crippen LogP contribution is -2.21. The van der Waals surface area contributed by atoms with Crippen LogP contribution in [-0.2, 0) is 0 Å². The minimum Gasteiger partial charge on any atom is -0.310 e. The van der Waals surface area contributed by atoms with Crippen molar-refractivity contribution in [3.05, 3.63) is 29.3 Å². The van der Waals surface area contributed by atoms with Gasteiger partial charge in [-0.25, -0.2) is 0 Å². The van der Waals surface area contributed by atoms with Gasteiger partial charge in [0.2, 0.25) is 0 Å². The van der Waals surface area contributed by atoms with Gasteiger partial charge in [0.1, 0.15) is 0 Å². The lowest BCUT2D eigenvalue weighted by atomic mass is 9.98. The van der Waals surface area contributed by atoms with Gasteiger partial charge in [-0.1, -0.05) is 20.8 Å². The molecule has 0 spiro atoms. The molecule has 0 radical (unpaired) electrons. The van der Waals surface area contributed by atoms with Gasteiger partial charge in [-0.15, -0.1) is 11.3 Å². The molecule has 0 aliphatic carbocycles. The first kappa shape index (κ1) is 13.5. The maximum absolute atomic E-state index is 4.54. The number of nitrogens with zero attached hydrogens (tertiary/aromatic N) is 1. The first-order chi connectivity index (χ1) is 8.70. The molecule has 2 heterocycles. The minimum absolute atomic E-state index is 0.441. The molecule has 0 aliphatic heterocycles. The fraction of sp³-hybridized carbons (Fsp3) is 0.533. The Labute approximate surface area is 113 Å². The average molecular weight is 262 g/mol. The molecule has 0 fully saturated rings. The smallest absolute Gasteiger partial charge is 0.0809 e. The van der Waals surface area contributed by atoms with Crippen LogP contribution in [0.3, 0.4) is 0 Å². The second-order valence-corrected chi connectivity index (χ2v) is 6.10. The van der Waals surface area contributed by atoms with Crippen LogP contribution in [0.4, 0.5) is 0 Å². The quantitative estimate of drug-likeness (QED) is 0.835. The highest BCUT2D eigenvalue weighted by atomic mass is 32.1. The Morgan fingerprint density at radius 1 is 1.33 bits per heavy atom. The lowest BCUT2D eigenvalue weighted by molar-refractivity contribution is 0.448. The molecule has 0 saturated heterocycles. The third kappa shape index (κ3) is 3.30. The number of fused-ring (bicyclic) bond motifs is 1. The van der Waals surface area contributed by atoms with Crippen molar-refractivity contribution in [2.24, 2.45) is 5.92 Å². The van der Waals surface area contributed by atoms with E-state index in [-0.39, 0.29) is 0 Å². The fourth-order valence-electron chi connectivity index (χ4n) is 2.19. The summed E-state index contributed by atoms with van der Waals surface area (Å²) in [5.74, 6) is 0.754. The number of hydrogen-bond acceptors (Lipinski definition) is 3. The van der Waals surface area contributed by atoms with Crippen molar-refractivity contribution in [3.63, 3.8) is 0 Å². The summed E-state index contributed by atoms with van der Waals surface area (Å²) in [6, 6.07) is 4.82. The van der Waals surface area contributed by atoms with Crippen LogP contribution in [0.5, 0.6) is 0 Å². The summed E-state index contributed by atoms with van der Waals surface area (Å²) >= 11 is 1.77. The fourth-order valence-corrected chi connectivity index (χ4v) is 2.97. The summed E-state index contributed by atoms with van der Waals surface area (Å²) in [6.45, 7) is 7.73. The summed E-state index contributed by atoms with van der Waals surface area (Å²) < 4.78 is 1.29. The molecule has 1 N–H and O–H groups in total. The topological polar surface area (TPSA) is 24.9 Å². The van der Waals surface area contributed by atoms with Crippen molar-refractivity contribution in [2.75, 3.05) is 6.54 Å². The van der Waals surface area contributed by atoms with Crippen molar-refractivity contribution in [3.8, 4) is 0 Å². The monoisotopic (exact) mass is 262 g/mol. The van der Waals surface area contributed by atoms with Gasteiger partial charge < -0.3 is 5.32 Å². The Bertz CT molecular complexity index is 490. The van der Waals surface area contributed by atoms with Gasteiger partial charge in [0.15, 0.2) is 0 Å². The zero-order chi connectivity index (χ0) is 13.0. The molecule has 2 rings (SSSR count). The number of rotatable bonds is 6. The van der Waals surface area contributed by atoms with Crippen LogP contribution < -0.4 is 5.32 Å². The van der Waals surface area contributed by atoms with E-state index in [4.69, 9.17) is 0 Å². The van der Waals surface area contributed by atoms with E-state index >= 15 is 0 Å². The van der Waals surface area contributed by atoms with E-state index in [1.165, 1.54) is 23.1 Å². The van der Waals surface area contributed by atoms with E-state index in [1.807, 2.05) is 6.20 Å². The molecule has 2 aromatic rings. The highest BCUT2D eigenvalue weighted by Crippen LogP contribution is 2.25. The van der Waals surface area contributed by atoms with E-state index in [0.29, 0.717) is 6.04 Å². The number of aromatic nitrogens is 1. The number of thiophene rings is 1. The van der Waals surface area contributed by atoms with E-state index < -0.39 is 0 Å². The molecule has 0 amide bonds. The SMILES string of the molecule is CCNC(CCC(C)C)c1cnc2ccsc2c1. The molecule has 2 nitrogen and oxygen atoms in total. The van der Waals surface area contributed by atoms with E-state index in [9.17, 15) is 0 Å². The molecule has 1 atom stereocenters. The van der Waals surface area contributed by atoms with Gasteiger partial charge in [0.25, 0.3) is 0 Å². The van der Waals surface area contributed by atoms with Crippen molar-refractivity contribution in [1.29, 1.82) is 0 Å². The Balaban J connectivity index is 2.17. The zero-order valence-electron chi connectivity index (χ0n) is 11.4. The summed E-state index contributed by atoms with van der Waals surface area (Å²) in [6.07, 6.45) is 4.47. The van der Waals surface area contributed by atoms with Crippen molar-refractivity contribution in [1.82, 2.24) is 10.3 Å². The van der Waals surface area contributed by atoms with Crippen LogP contribution in [0.25, 0.3) is 10.2 Å². The molecular formula is C15H22N2S. The maximum Gasteiger partial charge on any atom is 0.0809 e. The second-order valence-electron chi connectivity index (χ2n) is 5.15. The van der Waals surface area contributed by atoms with Crippen LogP contribution in [0, 0.1) is 5.92 Å². The first-order valence-corrected chi connectivity index (χ1v) is 7.65. The zero-order valence-corrected chi connectivity index (χ0v) is 12.3. The van der Waals surface area contributed by atoms with Crippen LogP contribution in [-0.4, -0.2) is 11.5 Å². The normalized spacial score (nSPS) is 13.3. The summed E-state index contributed by atoms with van der Waals surface area (Å²) in [7, 11) is 0. The van der Waals surface area contributed by atoms with E-state index in [1.54, 1.807) is 11.3 Å². The highest BCUT2D eigenvalue weighted by molar-refractivity contribution is 7.17. The summed E-state index contributed by atoms with van der Waals surface area (Å²) in [5, 5.41) is 5.68. The average Bonchev–Trinajstić information content (AvgIpc) is 2.81. The largest absolute Gasteiger partial charge is 0.310 e. The molecule has 2 aromatic heterocycles. The van der Waals surface area contributed by atoms with Gasteiger partial charge in [-0.3, -0.25) is 4.98 Å². The summed E-state index contributed by atoms with van der Waals surface area (Å²) in [4.78, 5) is 4.54. The Kier molecular flexibility index (Phi) is 4.72. The minimum atomic E-state index is 0.441. The molecule has 0 bridgehead atoms. The Morgan fingerprint density at radius 2 is 2.17 bits per heavy atom. The Morgan fingerprint density at radius 3 is 2.89 bits per heavy atom. The predicted molar refractivity (Wildman–Crippen MR) is 80.1 cm³/mol. The van der Waals surface area contributed by atoms with Crippen molar-refractivity contribution in [2.45, 2.75) is 39.7 Å². The molecule has 3 heteroatoms. The van der Waals surface area contributed by atoms with Crippen LogP contribution in [0.15, 0.2) is 23.7 Å². The summed E-state index contributed by atoms with van der Waals surface area (Å²) in [5.41, 5.74) is 2.44. The van der Waals surface area contributed by atoms with Gasteiger partial charge in [0.05, 0.1) is 10.2 Å². The maximum atomic E-state index is 4.54. The first-order valence-electron chi connectivity index (χ1n) is 6.77. The van der Waals surface area contributed by atoms with Gasteiger partial charge in [-0.05, 0) is 48.4 Å². The second kappa shape index (κ2) is 6.30. The third-order valence-electron chi connectivity index (χ3n) is 3.21. The van der Waals surface area contributed by atoms with Crippen molar-refractivity contribution >= 4 is 21.6 Å². The van der Waals surface area contributed by atoms with Crippen LogP contribution in [0.1, 0.15) is 45.2 Å². The number of pyridine rings is 1. The number of nitrogens with one attached hydrogen (secondary N) is 1. The lowest BCUT2D eigenvalue weighted by Gasteiger charge is -2.19. The van der Waals surface area contributed by atoms with Crippen molar-refractivity contribution < 1.29 is 0 Å². The molecule has 1 unspecified atom stereocenters. The molecule has 0 aromatic carbocycles. The van der Waals surface area contributed by atoms with Gasteiger partial charge in [-0.2, -0.15) is 0 Å². The third-order valence-corrected chi connectivity index (χ3v) is 4.06. The van der Waals surface area contributed by atoms with E-state index in [0.717, 1.165) is 18.0 Å². The molecule has 98 valence electrons. The molecule has 18 heavy (non-hydrogen) atoms. The van der Waals surface area contributed by atoms with Crippen LogP contribution >= 0.6 is 11.3 Å². The van der Waals surface area contributed by atoms with E-state index in [2.05, 4.69) is 48.6 Å². The highest BCUT2D eigenvalue weighted by Gasteiger charge is 2.12. The van der Waals surface area contributed by atoms with Gasteiger partial charge in [0, 0.05) is 12.2 Å². The Hall–Kier alpha value is -0.930. The molecule has 0 saturated carbocycles. The standard InChI is InChI=1S/C15H22N2S/c1-4-16-13(6-5-11(2)3)12-9-15-14(17-10-12)7-8-18-15/h7-11,13,16H,4-6H2,1-3H3. The predicted octanol–water partition coefficient (Wildman–Crippen LogP) is 4.38. The number of hydrogen-bond donors (Lipinski definition) is 1. The van der Waals surface area contributed by atoms with Gasteiger partial charge >= 0.3 is 0 Å². The molecule has 0 aliphatic rings. The molecular weight excluding hydrogens is 240 g/mol. The van der Waals surface area contributed by atoms with Crippen LogP contribution in [0.2, 0.25) is 0 Å².